The molecule has 1 aliphatic carbocycles. The Morgan fingerprint density at radius 3 is 2.45 bits per heavy atom. The number of hydrogen-bond acceptors (Lipinski definition) is 4. The van der Waals surface area contributed by atoms with Crippen molar-refractivity contribution in [3.8, 4) is 0 Å². The van der Waals surface area contributed by atoms with Crippen LogP contribution in [0.4, 0.5) is 4.79 Å². The second-order valence-electron chi connectivity index (χ2n) is 5.48. The summed E-state index contributed by atoms with van der Waals surface area (Å²) in [5, 5.41) is 11.4. The molecule has 0 spiro atoms. The van der Waals surface area contributed by atoms with E-state index in [0.717, 1.165) is 25.6 Å². The molecule has 20 heavy (non-hydrogen) atoms. The summed E-state index contributed by atoms with van der Waals surface area (Å²) < 4.78 is 4.78. The van der Waals surface area contributed by atoms with Gasteiger partial charge < -0.3 is 20.1 Å². The van der Waals surface area contributed by atoms with E-state index in [9.17, 15) is 9.59 Å². The summed E-state index contributed by atoms with van der Waals surface area (Å²) in [6.07, 6.45) is 1.69. The second-order valence-corrected chi connectivity index (χ2v) is 5.48. The molecule has 114 valence electrons. The highest BCUT2D eigenvalue weighted by molar-refractivity contribution is 5.77. The Balaban J connectivity index is 1.67. The Bertz CT molecular complexity index is 352. The lowest BCUT2D eigenvalue weighted by Gasteiger charge is -2.34. The summed E-state index contributed by atoms with van der Waals surface area (Å²) in [7, 11) is 1.32. The lowest BCUT2D eigenvalue weighted by Crippen LogP contribution is -2.53. The molecular weight excluding hydrogens is 262 g/mol. The van der Waals surface area contributed by atoms with Crippen LogP contribution in [-0.4, -0.2) is 79.4 Å². The van der Waals surface area contributed by atoms with Gasteiger partial charge in [-0.15, -0.1) is 0 Å². The van der Waals surface area contributed by atoms with Crippen molar-refractivity contribution in [2.45, 2.75) is 18.9 Å². The maximum atomic E-state index is 11.9. The lowest BCUT2D eigenvalue weighted by atomic mass is 10.3. The van der Waals surface area contributed by atoms with Crippen LogP contribution >= 0.6 is 0 Å². The van der Waals surface area contributed by atoms with E-state index in [1.807, 2.05) is 0 Å². The van der Waals surface area contributed by atoms with Crippen molar-refractivity contribution in [1.82, 2.24) is 15.1 Å². The third-order valence-electron chi connectivity index (χ3n) is 3.87. The summed E-state index contributed by atoms with van der Waals surface area (Å²) in [6.45, 7) is 4.34. The number of piperazine rings is 1. The number of nitrogens with zero attached hydrogens (tertiary/aromatic N) is 2. The number of urea groups is 1. The van der Waals surface area contributed by atoms with Gasteiger partial charge in [0.15, 0.2) is 6.10 Å². The van der Waals surface area contributed by atoms with Gasteiger partial charge in [0.25, 0.3) is 0 Å². The van der Waals surface area contributed by atoms with Crippen molar-refractivity contribution in [1.29, 1.82) is 0 Å². The van der Waals surface area contributed by atoms with Crippen molar-refractivity contribution < 1.29 is 19.4 Å². The molecule has 0 aromatic rings. The second kappa shape index (κ2) is 6.90. The first-order valence-electron chi connectivity index (χ1n) is 7.11. The van der Waals surface area contributed by atoms with Gasteiger partial charge in [0.05, 0.1) is 6.54 Å². The minimum absolute atomic E-state index is 0.00699. The Morgan fingerprint density at radius 2 is 1.95 bits per heavy atom. The zero-order chi connectivity index (χ0) is 14.5. The van der Waals surface area contributed by atoms with Gasteiger partial charge >= 0.3 is 12.0 Å². The normalized spacial score (nSPS) is 21.6. The Morgan fingerprint density at radius 1 is 1.30 bits per heavy atom. The summed E-state index contributed by atoms with van der Waals surface area (Å²) in [5.74, 6) is -0.199. The molecule has 0 aromatic carbocycles. The third kappa shape index (κ3) is 4.35. The molecule has 2 amide bonds. The molecule has 1 heterocycles. The summed E-state index contributed by atoms with van der Waals surface area (Å²) in [6, 6.07) is -0.209. The molecule has 2 aliphatic rings. The van der Waals surface area contributed by atoms with Crippen LogP contribution in [0.3, 0.4) is 0 Å². The molecule has 2 rings (SSSR count). The quantitative estimate of drug-likeness (QED) is 0.707. The van der Waals surface area contributed by atoms with Crippen molar-refractivity contribution >= 4 is 12.0 Å². The largest absolute Gasteiger partial charge is 0.479 e. The lowest BCUT2D eigenvalue weighted by molar-refractivity contribution is -0.148. The minimum atomic E-state index is -1.07. The smallest absolute Gasteiger partial charge is 0.334 e. The minimum Gasteiger partial charge on any atom is -0.479 e. The van der Waals surface area contributed by atoms with Crippen molar-refractivity contribution in [2.75, 3.05) is 46.4 Å². The molecule has 1 unspecified atom stereocenters. The van der Waals surface area contributed by atoms with Gasteiger partial charge in [-0.05, 0) is 18.8 Å². The molecule has 1 saturated carbocycles. The van der Waals surface area contributed by atoms with Crippen LogP contribution in [0.5, 0.6) is 0 Å². The molecule has 1 atom stereocenters. The Labute approximate surface area is 118 Å². The fourth-order valence-corrected chi connectivity index (χ4v) is 2.36. The van der Waals surface area contributed by atoms with Crippen LogP contribution < -0.4 is 5.32 Å². The highest BCUT2D eigenvalue weighted by atomic mass is 16.5. The molecule has 1 saturated heterocycles. The van der Waals surface area contributed by atoms with Crippen LogP contribution in [0.25, 0.3) is 0 Å². The third-order valence-corrected chi connectivity index (χ3v) is 3.87. The number of carbonyl (C=O) groups excluding carboxylic acids is 1. The fraction of sp³-hybridized carbons (Fsp3) is 0.846. The standard InChI is InChI=1S/C13H23N3O4/c1-20-11(12(17)18)8-14-13(19)16-6-4-15(5-7-16)9-10-2-3-10/h10-11H,2-9H2,1H3,(H,14,19)(H,17,18). The first-order valence-corrected chi connectivity index (χ1v) is 7.11. The van der Waals surface area contributed by atoms with Gasteiger partial charge in [-0.2, -0.15) is 0 Å². The SMILES string of the molecule is COC(CNC(=O)N1CCN(CC2CC2)CC1)C(=O)O. The number of hydrogen-bond donors (Lipinski definition) is 2. The van der Waals surface area contributed by atoms with E-state index in [-0.39, 0.29) is 12.6 Å². The predicted octanol–water partition coefficient (Wildman–Crippen LogP) is -0.177. The predicted molar refractivity (Wildman–Crippen MR) is 72.6 cm³/mol. The van der Waals surface area contributed by atoms with E-state index in [4.69, 9.17) is 9.84 Å². The average molecular weight is 285 g/mol. The van der Waals surface area contributed by atoms with E-state index in [0.29, 0.717) is 13.1 Å². The molecular formula is C13H23N3O4. The molecule has 1 aliphatic heterocycles. The van der Waals surface area contributed by atoms with E-state index >= 15 is 0 Å². The van der Waals surface area contributed by atoms with Crippen molar-refractivity contribution in [3.05, 3.63) is 0 Å². The molecule has 2 N–H and O–H groups in total. The van der Waals surface area contributed by atoms with Crippen LogP contribution in [-0.2, 0) is 9.53 Å². The molecule has 0 radical (unpaired) electrons. The van der Waals surface area contributed by atoms with E-state index in [1.165, 1.54) is 20.0 Å². The number of methoxy groups -OCH3 is 1. The number of rotatable bonds is 6. The maximum absolute atomic E-state index is 11.9. The van der Waals surface area contributed by atoms with Gasteiger partial charge in [-0.3, -0.25) is 4.90 Å². The van der Waals surface area contributed by atoms with E-state index in [1.54, 1.807) is 4.90 Å². The molecule has 0 aromatic heterocycles. The number of carboxylic acid groups (broad SMARTS) is 1. The number of nitrogens with one attached hydrogen (secondary N) is 1. The molecule has 7 heteroatoms. The number of ether oxygens (including phenoxy) is 1. The number of carboxylic acids is 1. The van der Waals surface area contributed by atoms with Gasteiger partial charge in [0.2, 0.25) is 0 Å². The highest BCUT2D eigenvalue weighted by Crippen LogP contribution is 2.29. The van der Waals surface area contributed by atoms with Crippen molar-refractivity contribution in [2.24, 2.45) is 5.92 Å². The van der Waals surface area contributed by atoms with Gasteiger partial charge in [0, 0.05) is 39.8 Å². The van der Waals surface area contributed by atoms with Gasteiger partial charge in [0.1, 0.15) is 0 Å². The van der Waals surface area contributed by atoms with Crippen LogP contribution in [0.2, 0.25) is 0 Å². The number of amides is 2. The number of aliphatic carboxylic acids is 1. The Kier molecular flexibility index (Phi) is 5.19. The molecule has 2 fully saturated rings. The van der Waals surface area contributed by atoms with E-state index < -0.39 is 12.1 Å². The first-order chi connectivity index (χ1) is 9.60. The average Bonchev–Trinajstić information content (AvgIpc) is 3.23. The van der Waals surface area contributed by atoms with Gasteiger partial charge in [-0.1, -0.05) is 0 Å². The molecule has 0 bridgehead atoms. The topological polar surface area (TPSA) is 82.1 Å². The Hall–Kier alpha value is -1.34. The van der Waals surface area contributed by atoms with Crippen LogP contribution in [0.1, 0.15) is 12.8 Å². The number of carbonyl (C=O) groups is 2. The zero-order valence-corrected chi connectivity index (χ0v) is 11.9. The molecule has 7 nitrogen and oxygen atoms in total. The summed E-state index contributed by atoms with van der Waals surface area (Å²) in [4.78, 5) is 26.8. The monoisotopic (exact) mass is 285 g/mol. The summed E-state index contributed by atoms with van der Waals surface area (Å²) in [5.41, 5.74) is 0. The zero-order valence-electron chi connectivity index (χ0n) is 11.9. The van der Waals surface area contributed by atoms with Crippen LogP contribution in [0.15, 0.2) is 0 Å². The maximum Gasteiger partial charge on any atom is 0.334 e. The highest BCUT2D eigenvalue weighted by Gasteiger charge is 2.28. The first kappa shape index (κ1) is 15.1. The van der Waals surface area contributed by atoms with Crippen LogP contribution in [0, 0.1) is 5.92 Å². The van der Waals surface area contributed by atoms with E-state index in [2.05, 4.69) is 10.2 Å². The van der Waals surface area contributed by atoms with Gasteiger partial charge in [-0.25, -0.2) is 9.59 Å². The summed E-state index contributed by atoms with van der Waals surface area (Å²) >= 11 is 0. The van der Waals surface area contributed by atoms with Crippen molar-refractivity contribution in [3.63, 3.8) is 0 Å². The fourth-order valence-electron chi connectivity index (χ4n) is 2.36.